The summed E-state index contributed by atoms with van der Waals surface area (Å²) in [5, 5.41) is 12.1. The number of hydrogen-bond donors (Lipinski definition) is 1. The Balaban J connectivity index is 1.59. The number of aromatic nitrogens is 1. The van der Waals surface area contributed by atoms with Crippen LogP contribution < -0.4 is 15.6 Å². The summed E-state index contributed by atoms with van der Waals surface area (Å²) in [6.07, 6.45) is -5.48. The van der Waals surface area contributed by atoms with Crippen molar-refractivity contribution in [3.8, 4) is 28.8 Å². The van der Waals surface area contributed by atoms with E-state index in [9.17, 15) is 28.0 Å². The van der Waals surface area contributed by atoms with Gasteiger partial charge in [0.1, 0.15) is 29.7 Å². The lowest BCUT2D eigenvalue weighted by Gasteiger charge is -2.19. The van der Waals surface area contributed by atoms with Crippen molar-refractivity contribution in [2.45, 2.75) is 26.6 Å². The summed E-state index contributed by atoms with van der Waals surface area (Å²) < 4.78 is 53.9. The number of carbonyl (C=O) groups excluding carboxylic acids is 1. The zero-order valence-corrected chi connectivity index (χ0v) is 24.7. The standard InChI is InChI=1S/C33H31F3N4O4/c1-21-5-6-24(22(2)17-21)20-40-30(18-29(33(34,35)36)28(19-37)31(40)41)23-7-11-26(12-8-23)44-27-13-9-25(10-14-27)38-32(42)43-16-15-39(3)4/h5-14,17-18H,15-16,20H2,1-4H3,(H,38,42). The molecule has 1 amide bonds. The average Bonchev–Trinajstić information content (AvgIpc) is 2.96. The molecule has 228 valence electrons. The number of nitriles is 1. The summed E-state index contributed by atoms with van der Waals surface area (Å²) in [5.74, 6) is 0.847. The maximum absolute atomic E-state index is 13.9. The van der Waals surface area contributed by atoms with Crippen LogP contribution in [0.25, 0.3) is 11.3 Å². The van der Waals surface area contributed by atoms with Crippen LogP contribution in [0.1, 0.15) is 27.8 Å². The van der Waals surface area contributed by atoms with Crippen LogP contribution in [0.2, 0.25) is 0 Å². The number of ether oxygens (including phenoxy) is 2. The highest BCUT2D eigenvalue weighted by Crippen LogP contribution is 2.34. The number of amides is 1. The summed E-state index contributed by atoms with van der Waals surface area (Å²) in [7, 11) is 3.74. The Kier molecular flexibility index (Phi) is 9.76. The number of carbonyl (C=O) groups is 1. The summed E-state index contributed by atoms with van der Waals surface area (Å²) in [5.41, 5.74) is 0.206. The number of benzene rings is 3. The zero-order valence-electron chi connectivity index (χ0n) is 24.7. The molecule has 0 aliphatic carbocycles. The molecule has 1 N–H and O–H groups in total. The number of rotatable bonds is 9. The van der Waals surface area contributed by atoms with Gasteiger partial charge in [-0.05, 0) is 99.2 Å². The average molecular weight is 605 g/mol. The molecule has 0 spiro atoms. The monoisotopic (exact) mass is 604 g/mol. The van der Waals surface area contributed by atoms with Gasteiger partial charge in [0.25, 0.3) is 5.56 Å². The largest absolute Gasteiger partial charge is 0.457 e. The number of hydrogen-bond acceptors (Lipinski definition) is 6. The van der Waals surface area contributed by atoms with E-state index >= 15 is 0 Å². The molecule has 0 atom stereocenters. The first-order chi connectivity index (χ1) is 20.8. The van der Waals surface area contributed by atoms with E-state index in [1.165, 1.54) is 10.6 Å². The lowest BCUT2D eigenvalue weighted by Crippen LogP contribution is -2.29. The maximum Gasteiger partial charge on any atom is 0.417 e. The molecule has 44 heavy (non-hydrogen) atoms. The molecule has 0 radical (unpaired) electrons. The zero-order chi connectivity index (χ0) is 32.0. The molecule has 3 aromatic carbocycles. The number of alkyl halides is 3. The van der Waals surface area contributed by atoms with Gasteiger partial charge in [-0.1, -0.05) is 23.8 Å². The molecule has 0 saturated heterocycles. The first kappa shape index (κ1) is 31.8. The van der Waals surface area contributed by atoms with Crippen LogP contribution in [0.4, 0.5) is 23.7 Å². The second-order valence-corrected chi connectivity index (χ2v) is 10.5. The molecule has 0 aliphatic heterocycles. The van der Waals surface area contributed by atoms with E-state index in [0.717, 1.165) is 22.8 Å². The van der Waals surface area contributed by atoms with Gasteiger partial charge in [0, 0.05) is 12.2 Å². The number of pyridine rings is 1. The molecule has 0 unspecified atom stereocenters. The van der Waals surface area contributed by atoms with Gasteiger partial charge in [-0.3, -0.25) is 10.1 Å². The Hall–Kier alpha value is -5.08. The Morgan fingerprint density at radius 1 is 0.977 bits per heavy atom. The van der Waals surface area contributed by atoms with Crippen LogP contribution in [-0.4, -0.2) is 42.8 Å². The minimum atomic E-state index is -4.90. The van der Waals surface area contributed by atoms with Gasteiger partial charge in [0.2, 0.25) is 0 Å². The van der Waals surface area contributed by atoms with Gasteiger partial charge in [-0.25, -0.2) is 4.79 Å². The first-order valence-corrected chi connectivity index (χ1v) is 13.6. The summed E-state index contributed by atoms with van der Waals surface area (Å²) in [6, 6.07) is 20.7. The van der Waals surface area contributed by atoms with Crippen molar-refractivity contribution < 1.29 is 27.4 Å². The predicted octanol–water partition coefficient (Wildman–Crippen LogP) is 6.97. The van der Waals surface area contributed by atoms with Crippen molar-refractivity contribution in [1.82, 2.24) is 9.47 Å². The van der Waals surface area contributed by atoms with Crippen LogP contribution >= 0.6 is 0 Å². The maximum atomic E-state index is 13.9. The third-order valence-corrected chi connectivity index (χ3v) is 6.80. The molecule has 0 saturated carbocycles. The quantitative estimate of drug-likeness (QED) is 0.222. The minimum absolute atomic E-state index is 0.0146. The van der Waals surface area contributed by atoms with E-state index in [4.69, 9.17) is 9.47 Å². The SMILES string of the molecule is Cc1ccc(Cn2c(-c3ccc(Oc4ccc(NC(=O)OCCN(C)C)cc4)cc3)cc(C(F)(F)F)c(C#N)c2=O)c(C)c1. The topological polar surface area (TPSA) is 96.6 Å². The van der Waals surface area contributed by atoms with Crippen LogP contribution in [0.5, 0.6) is 11.5 Å². The molecule has 8 nitrogen and oxygen atoms in total. The van der Waals surface area contributed by atoms with Crippen molar-refractivity contribution in [2.75, 3.05) is 32.6 Å². The highest BCUT2D eigenvalue weighted by atomic mass is 19.4. The number of nitrogens with one attached hydrogen (secondary N) is 1. The lowest BCUT2D eigenvalue weighted by atomic mass is 10.0. The van der Waals surface area contributed by atoms with Crippen molar-refractivity contribution in [3.05, 3.63) is 111 Å². The van der Waals surface area contributed by atoms with Gasteiger partial charge < -0.3 is 18.9 Å². The Labute approximate surface area is 252 Å². The van der Waals surface area contributed by atoms with E-state index < -0.39 is 29.0 Å². The van der Waals surface area contributed by atoms with Crippen LogP contribution in [0, 0.1) is 25.2 Å². The Morgan fingerprint density at radius 2 is 1.61 bits per heavy atom. The fourth-order valence-corrected chi connectivity index (χ4v) is 4.48. The number of aryl methyl sites for hydroxylation is 2. The molecule has 4 rings (SSSR count). The van der Waals surface area contributed by atoms with E-state index in [0.29, 0.717) is 29.3 Å². The first-order valence-electron chi connectivity index (χ1n) is 13.6. The van der Waals surface area contributed by atoms with E-state index in [1.54, 1.807) is 48.5 Å². The number of anilines is 1. The van der Waals surface area contributed by atoms with E-state index in [-0.39, 0.29) is 18.8 Å². The Morgan fingerprint density at radius 3 is 2.18 bits per heavy atom. The third-order valence-electron chi connectivity index (χ3n) is 6.80. The predicted molar refractivity (Wildman–Crippen MR) is 161 cm³/mol. The fraction of sp³-hybridized carbons (Fsp3) is 0.242. The second kappa shape index (κ2) is 13.5. The Bertz CT molecular complexity index is 1740. The van der Waals surface area contributed by atoms with Gasteiger partial charge >= 0.3 is 12.3 Å². The molecule has 0 fully saturated rings. The molecule has 1 heterocycles. The minimum Gasteiger partial charge on any atom is -0.457 e. The summed E-state index contributed by atoms with van der Waals surface area (Å²) in [6.45, 7) is 4.60. The smallest absolute Gasteiger partial charge is 0.417 e. The number of nitrogens with zero attached hydrogens (tertiary/aromatic N) is 3. The van der Waals surface area contributed by atoms with Crippen molar-refractivity contribution in [3.63, 3.8) is 0 Å². The van der Waals surface area contributed by atoms with Gasteiger partial charge in [0.15, 0.2) is 0 Å². The van der Waals surface area contributed by atoms with Crippen molar-refractivity contribution >= 4 is 11.8 Å². The van der Waals surface area contributed by atoms with Crippen molar-refractivity contribution in [1.29, 1.82) is 5.26 Å². The molecule has 0 bridgehead atoms. The third kappa shape index (κ3) is 7.85. The van der Waals surface area contributed by atoms with Gasteiger partial charge in [-0.15, -0.1) is 0 Å². The van der Waals surface area contributed by atoms with E-state index in [2.05, 4.69) is 5.32 Å². The highest BCUT2D eigenvalue weighted by Gasteiger charge is 2.36. The van der Waals surface area contributed by atoms with Gasteiger partial charge in [0.05, 0.1) is 17.8 Å². The van der Waals surface area contributed by atoms with Crippen LogP contribution in [0.15, 0.2) is 77.6 Å². The van der Waals surface area contributed by atoms with Crippen LogP contribution in [0.3, 0.4) is 0 Å². The molecule has 1 aromatic heterocycles. The molecule has 4 aromatic rings. The fourth-order valence-electron chi connectivity index (χ4n) is 4.48. The van der Waals surface area contributed by atoms with Crippen molar-refractivity contribution in [2.24, 2.45) is 0 Å². The summed E-state index contributed by atoms with van der Waals surface area (Å²) in [4.78, 5) is 27.1. The molecular formula is C33H31F3N4O4. The second-order valence-electron chi connectivity index (χ2n) is 10.5. The number of halogens is 3. The van der Waals surface area contributed by atoms with Gasteiger partial charge in [-0.2, -0.15) is 18.4 Å². The lowest BCUT2D eigenvalue weighted by molar-refractivity contribution is -0.137. The normalized spacial score (nSPS) is 11.2. The summed E-state index contributed by atoms with van der Waals surface area (Å²) >= 11 is 0. The van der Waals surface area contributed by atoms with Crippen LogP contribution in [-0.2, 0) is 17.5 Å². The number of likely N-dealkylation sites (N-methyl/N-ethyl adjacent to an activating group) is 1. The molecular weight excluding hydrogens is 573 g/mol. The highest BCUT2D eigenvalue weighted by molar-refractivity contribution is 5.84. The molecule has 0 aliphatic rings. The molecule has 11 heteroatoms. The van der Waals surface area contributed by atoms with E-state index in [1.807, 2.05) is 51.0 Å².